The number of morpholine rings is 1. The molecule has 4 rings (SSSR count). The van der Waals surface area contributed by atoms with Crippen molar-refractivity contribution in [2.45, 2.75) is 4.90 Å². The molecule has 5 nitrogen and oxygen atoms in total. The summed E-state index contributed by atoms with van der Waals surface area (Å²) < 4.78 is 5.31. The Labute approximate surface area is 172 Å². The lowest BCUT2D eigenvalue weighted by molar-refractivity contribution is -0.134. The highest BCUT2D eigenvalue weighted by atomic mass is 35.5. The molecular weight excluding hydrogens is 396 g/mol. The Bertz CT molecular complexity index is 941. The molecule has 7 heteroatoms. The molecule has 2 amide bonds. The number of rotatable bonds is 3. The lowest BCUT2D eigenvalue weighted by atomic mass is 10.2. The van der Waals surface area contributed by atoms with E-state index >= 15 is 0 Å². The maximum absolute atomic E-state index is 13.2. The Morgan fingerprint density at radius 1 is 1.14 bits per heavy atom. The summed E-state index contributed by atoms with van der Waals surface area (Å²) in [5.74, 6) is -0.245. The van der Waals surface area contributed by atoms with E-state index in [1.165, 1.54) is 11.8 Å². The summed E-state index contributed by atoms with van der Waals surface area (Å²) in [5, 5.41) is 0.613. The van der Waals surface area contributed by atoms with Gasteiger partial charge >= 0.3 is 0 Å². The number of carbonyl (C=O) groups is 2. The molecule has 2 aromatic rings. The van der Waals surface area contributed by atoms with Gasteiger partial charge in [0, 0.05) is 23.0 Å². The molecule has 0 bridgehead atoms. The molecular formula is C21H19ClN2O3S. The third kappa shape index (κ3) is 4.09. The van der Waals surface area contributed by atoms with Crippen molar-refractivity contribution in [1.82, 2.24) is 4.90 Å². The predicted octanol–water partition coefficient (Wildman–Crippen LogP) is 3.68. The molecule has 1 saturated heterocycles. The van der Waals surface area contributed by atoms with Crippen LogP contribution < -0.4 is 4.90 Å². The number of hydrogen-bond acceptors (Lipinski definition) is 4. The number of thioether (sulfide) groups is 1. The Hall–Kier alpha value is -2.28. The van der Waals surface area contributed by atoms with Gasteiger partial charge in [-0.15, -0.1) is 0 Å². The minimum Gasteiger partial charge on any atom is -0.378 e. The topological polar surface area (TPSA) is 49.9 Å². The SMILES string of the molecule is O=C(CN1C(=O)C(=Cc2cccc(Cl)c2)Sc2ccccc21)N1CCOCC1. The van der Waals surface area contributed by atoms with Gasteiger partial charge in [-0.05, 0) is 35.9 Å². The molecule has 0 aromatic heterocycles. The average molecular weight is 415 g/mol. The van der Waals surface area contributed by atoms with E-state index in [0.29, 0.717) is 36.2 Å². The number of ether oxygens (including phenoxy) is 1. The van der Waals surface area contributed by atoms with Gasteiger partial charge in [0.2, 0.25) is 5.91 Å². The first-order valence-corrected chi connectivity index (χ1v) is 10.2. The highest BCUT2D eigenvalue weighted by Crippen LogP contribution is 2.42. The summed E-state index contributed by atoms with van der Waals surface area (Å²) in [4.78, 5) is 30.8. The zero-order valence-corrected chi connectivity index (χ0v) is 16.7. The molecule has 0 N–H and O–H groups in total. The third-order valence-electron chi connectivity index (χ3n) is 4.64. The number of para-hydroxylation sites is 1. The maximum atomic E-state index is 13.2. The van der Waals surface area contributed by atoms with Gasteiger partial charge in [0.05, 0.1) is 23.8 Å². The van der Waals surface area contributed by atoms with Gasteiger partial charge in [-0.2, -0.15) is 0 Å². The van der Waals surface area contributed by atoms with E-state index in [-0.39, 0.29) is 18.4 Å². The fourth-order valence-electron chi connectivity index (χ4n) is 3.21. The monoisotopic (exact) mass is 414 g/mol. The van der Waals surface area contributed by atoms with Crippen molar-refractivity contribution < 1.29 is 14.3 Å². The van der Waals surface area contributed by atoms with E-state index < -0.39 is 0 Å². The number of anilines is 1. The first-order valence-electron chi connectivity index (χ1n) is 9.03. The standard InChI is InChI=1S/C21H19ClN2O3S/c22-16-5-3-4-15(12-16)13-19-21(26)24(17-6-1-2-7-18(17)28-19)14-20(25)23-8-10-27-11-9-23/h1-7,12-13H,8-11,14H2. The van der Waals surface area contributed by atoms with Crippen LogP contribution in [0.2, 0.25) is 5.02 Å². The summed E-state index contributed by atoms with van der Waals surface area (Å²) in [6.07, 6.45) is 1.82. The molecule has 0 unspecified atom stereocenters. The molecule has 2 aliphatic rings. The van der Waals surface area contributed by atoms with Crippen LogP contribution in [0.5, 0.6) is 0 Å². The molecule has 0 atom stereocenters. The molecule has 1 fully saturated rings. The fraction of sp³-hybridized carbons (Fsp3) is 0.238. The minimum atomic E-state index is -0.176. The minimum absolute atomic E-state index is 0.0172. The predicted molar refractivity (Wildman–Crippen MR) is 111 cm³/mol. The summed E-state index contributed by atoms with van der Waals surface area (Å²) in [6.45, 7) is 2.20. The second kappa shape index (κ2) is 8.39. The van der Waals surface area contributed by atoms with Crippen molar-refractivity contribution in [2.24, 2.45) is 0 Å². The molecule has 2 aromatic carbocycles. The number of carbonyl (C=O) groups excluding carboxylic acids is 2. The highest BCUT2D eigenvalue weighted by molar-refractivity contribution is 8.04. The van der Waals surface area contributed by atoms with Gasteiger partial charge in [-0.25, -0.2) is 0 Å². The Kier molecular flexibility index (Phi) is 5.71. The van der Waals surface area contributed by atoms with Gasteiger partial charge in [0.25, 0.3) is 5.91 Å². The van der Waals surface area contributed by atoms with Crippen LogP contribution in [0, 0.1) is 0 Å². The van der Waals surface area contributed by atoms with Gasteiger partial charge in [-0.3, -0.25) is 14.5 Å². The summed E-state index contributed by atoms with van der Waals surface area (Å²) in [5.41, 5.74) is 1.62. The number of fused-ring (bicyclic) bond motifs is 1. The molecule has 2 heterocycles. The first-order chi connectivity index (χ1) is 13.6. The van der Waals surface area contributed by atoms with Gasteiger partial charge in [-0.1, -0.05) is 47.6 Å². The second-order valence-electron chi connectivity index (χ2n) is 6.52. The lowest BCUT2D eigenvalue weighted by Gasteiger charge is -2.33. The zero-order valence-electron chi connectivity index (χ0n) is 15.1. The van der Waals surface area contributed by atoms with Crippen molar-refractivity contribution in [3.05, 3.63) is 64.0 Å². The third-order valence-corrected chi connectivity index (χ3v) is 5.95. The fourth-order valence-corrected chi connectivity index (χ4v) is 4.47. The van der Waals surface area contributed by atoms with Crippen molar-refractivity contribution in [1.29, 1.82) is 0 Å². The van der Waals surface area contributed by atoms with Crippen molar-refractivity contribution in [3.63, 3.8) is 0 Å². The van der Waals surface area contributed by atoms with Crippen LogP contribution in [0.3, 0.4) is 0 Å². The van der Waals surface area contributed by atoms with E-state index in [1.807, 2.05) is 48.5 Å². The molecule has 0 saturated carbocycles. The van der Waals surface area contributed by atoms with E-state index in [2.05, 4.69) is 0 Å². The molecule has 0 radical (unpaired) electrons. The van der Waals surface area contributed by atoms with Gasteiger partial charge < -0.3 is 9.64 Å². The van der Waals surface area contributed by atoms with E-state index in [4.69, 9.17) is 16.3 Å². The molecule has 0 spiro atoms. The van der Waals surface area contributed by atoms with Crippen molar-refractivity contribution in [3.8, 4) is 0 Å². The van der Waals surface area contributed by atoms with Gasteiger partial charge in [0.1, 0.15) is 6.54 Å². The number of amides is 2. The largest absolute Gasteiger partial charge is 0.378 e. The number of hydrogen-bond donors (Lipinski definition) is 0. The van der Waals surface area contributed by atoms with E-state index in [1.54, 1.807) is 15.9 Å². The van der Waals surface area contributed by atoms with Crippen LogP contribution in [0.15, 0.2) is 58.3 Å². The second-order valence-corrected chi connectivity index (χ2v) is 8.04. The van der Waals surface area contributed by atoms with Crippen LogP contribution in [-0.4, -0.2) is 49.6 Å². The van der Waals surface area contributed by atoms with Crippen LogP contribution in [-0.2, 0) is 14.3 Å². The Morgan fingerprint density at radius 2 is 1.93 bits per heavy atom. The van der Waals surface area contributed by atoms with Crippen molar-refractivity contribution in [2.75, 3.05) is 37.7 Å². The average Bonchev–Trinajstić information content (AvgIpc) is 2.71. The Morgan fingerprint density at radius 3 is 2.71 bits per heavy atom. The molecule has 28 heavy (non-hydrogen) atoms. The molecule has 0 aliphatic carbocycles. The maximum Gasteiger partial charge on any atom is 0.265 e. The van der Waals surface area contributed by atoms with E-state index in [0.717, 1.165) is 16.1 Å². The smallest absolute Gasteiger partial charge is 0.265 e. The number of halogens is 1. The van der Waals surface area contributed by atoms with Crippen molar-refractivity contribution >= 4 is 46.9 Å². The van der Waals surface area contributed by atoms with E-state index in [9.17, 15) is 9.59 Å². The molecule has 144 valence electrons. The quantitative estimate of drug-likeness (QED) is 0.719. The zero-order chi connectivity index (χ0) is 19.5. The summed E-state index contributed by atoms with van der Waals surface area (Å²) >= 11 is 7.49. The normalized spacial score (nSPS) is 18.3. The first kappa shape index (κ1) is 19.1. The van der Waals surface area contributed by atoms with Gasteiger partial charge in [0.15, 0.2) is 0 Å². The van der Waals surface area contributed by atoms with Crippen LogP contribution in [0.4, 0.5) is 5.69 Å². The highest BCUT2D eigenvalue weighted by Gasteiger charge is 2.31. The Balaban J connectivity index is 1.64. The summed E-state index contributed by atoms with van der Waals surface area (Å²) in [6, 6.07) is 15.0. The molecule has 2 aliphatic heterocycles. The van der Waals surface area contributed by atoms with Crippen LogP contribution in [0.25, 0.3) is 6.08 Å². The number of nitrogens with zero attached hydrogens (tertiary/aromatic N) is 2. The summed E-state index contributed by atoms with van der Waals surface area (Å²) in [7, 11) is 0. The number of benzene rings is 2. The van der Waals surface area contributed by atoms with Crippen LogP contribution >= 0.6 is 23.4 Å². The lowest BCUT2D eigenvalue weighted by Crippen LogP contribution is -2.48. The van der Waals surface area contributed by atoms with Crippen LogP contribution in [0.1, 0.15) is 5.56 Å².